The molecule has 0 aliphatic rings. The number of halogens is 1. The van der Waals surface area contributed by atoms with Crippen molar-refractivity contribution >= 4 is 18.3 Å². The van der Waals surface area contributed by atoms with Crippen LogP contribution in [0.15, 0.2) is 12.7 Å². The van der Waals surface area contributed by atoms with E-state index in [0.717, 1.165) is 6.42 Å². The molecule has 0 rings (SSSR count). The van der Waals surface area contributed by atoms with Gasteiger partial charge in [0.05, 0.1) is 6.61 Å². The van der Waals surface area contributed by atoms with Gasteiger partial charge in [0.15, 0.2) is 0 Å². The van der Waals surface area contributed by atoms with Gasteiger partial charge in [0.2, 0.25) is 5.91 Å². The quantitative estimate of drug-likeness (QED) is 0.485. The largest absolute Gasteiger partial charge is 0.377 e. The number of nitrogens with one attached hydrogen (secondary N) is 1. The van der Waals surface area contributed by atoms with E-state index in [-0.39, 0.29) is 24.4 Å². The Kier molecular flexibility index (Phi) is 12.9. The number of hydrogen-bond donors (Lipinski definition) is 2. The van der Waals surface area contributed by atoms with Gasteiger partial charge in [-0.25, -0.2) is 0 Å². The molecule has 4 nitrogen and oxygen atoms in total. The van der Waals surface area contributed by atoms with Crippen LogP contribution in [-0.4, -0.2) is 31.7 Å². The summed E-state index contributed by atoms with van der Waals surface area (Å²) in [6.45, 7) is 7.01. The molecular weight excluding hydrogens is 216 g/mol. The Morgan fingerprint density at radius 3 is 2.87 bits per heavy atom. The van der Waals surface area contributed by atoms with E-state index in [4.69, 9.17) is 10.5 Å². The predicted octanol–water partition coefficient (Wildman–Crippen LogP) is 0.854. The molecule has 15 heavy (non-hydrogen) atoms. The molecule has 90 valence electrons. The van der Waals surface area contributed by atoms with Crippen LogP contribution in [0.3, 0.4) is 0 Å². The van der Waals surface area contributed by atoms with Gasteiger partial charge >= 0.3 is 0 Å². The molecule has 0 aliphatic heterocycles. The van der Waals surface area contributed by atoms with E-state index < -0.39 is 0 Å². The molecule has 0 saturated heterocycles. The topological polar surface area (TPSA) is 64.3 Å². The Bertz CT molecular complexity index is 177. The summed E-state index contributed by atoms with van der Waals surface area (Å²) in [6, 6.07) is 0.0524. The summed E-state index contributed by atoms with van der Waals surface area (Å²) in [6.07, 6.45) is 2.91. The van der Waals surface area contributed by atoms with Crippen molar-refractivity contribution < 1.29 is 9.53 Å². The Hall–Kier alpha value is -0.580. The SMILES string of the molecule is C=CCOCCCC(=O)N[C@@H](C)CN.Cl. The van der Waals surface area contributed by atoms with Crippen LogP contribution < -0.4 is 11.1 Å². The number of carbonyl (C=O) groups excluding carboxylic acids is 1. The van der Waals surface area contributed by atoms with E-state index in [9.17, 15) is 4.79 Å². The Morgan fingerprint density at radius 1 is 1.67 bits per heavy atom. The van der Waals surface area contributed by atoms with Gasteiger partial charge in [0.1, 0.15) is 0 Å². The first-order chi connectivity index (χ1) is 6.70. The Morgan fingerprint density at radius 2 is 2.33 bits per heavy atom. The zero-order valence-corrected chi connectivity index (χ0v) is 10.0. The summed E-state index contributed by atoms with van der Waals surface area (Å²) in [5.74, 6) is 0.0325. The van der Waals surface area contributed by atoms with Crippen molar-refractivity contribution in [1.29, 1.82) is 0 Å². The third kappa shape index (κ3) is 11.3. The van der Waals surface area contributed by atoms with Gasteiger partial charge in [-0.3, -0.25) is 4.79 Å². The van der Waals surface area contributed by atoms with Crippen LogP contribution in [0.1, 0.15) is 19.8 Å². The molecule has 0 aromatic rings. The van der Waals surface area contributed by atoms with E-state index in [1.54, 1.807) is 6.08 Å². The lowest BCUT2D eigenvalue weighted by atomic mass is 10.2. The second-order valence-electron chi connectivity index (χ2n) is 3.17. The minimum absolute atomic E-state index is 0. The van der Waals surface area contributed by atoms with Gasteiger partial charge in [-0.05, 0) is 13.3 Å². The van der Waals surface area contributed by atoms with Crippen LogP contribution >= 0.6 is 12.4 Å². The van der Waals surface area contributed by atoms with Crippen LogP contribution in [0.5, 0.6) is 0 Å². The molecule has 0 aliphatic carbocycles. The first-order valence-corrected chi connectivity index (χ1v) is 4.88. The molecule has 0 spiro atoms. The van der Waals surface area contributed by atoms with Crippen LogP contribution in [0.2, 0.25) is 0 Å². The van der Waals surface area contributed by atoms with Gasteiger partial charge in [-0.15, -0.1) is 19.0 Å². The van der Waals surface area contributed by atoms with Crippen molar-refractivity contribution in [2.24, 2.45) is 5.73 Å². The first kappa shape index (κ1) is 16.8. The lowest BCUT2D eigenvalue weighted by molar-refractivity contribution is -0.121. The predicted molar refractivity (Wildman–Crippen MR) is 64.2 cm³/mol. The van der Waals surface area contributed by atoms with Crippen LogP contribution in [0.4, 0.5) is 0 Å². The number of amides is 1. The highest BCUT2D eigenvalue weighted by Crippen LogP contribution is 1.91. The Balaban J connectivity index is 0. The van der Waals surface area contributed by atoms with Crippen molar-refractivity contribution in [3.8, 4) is 0 Å². The van der Waals surface area contributed by atoms with Crippen molar-refractivity contribution in [3.63, 3.8) is 0 Å². The second kappa shape index (κ2) is 11.5. The number of carbonyl (C=O) groups is 1. The zero-order chi connectivity index (χ0) is 10.8. The number of hydrogen-bond acceptors (Lipinski definition) is 3. The maximum Gasteiger partial charge on any atom is 0.220 e. The van der Waals surface area contributed by atoms with Crippen molar-refractivity contribution in [3.05, 3.63) is 12.7 Å². The number of ether oxygens (including phenoxy) is 1. The van der Waals surface area contributed by atoms with Crippen molar-refractivity contribution in [1.82, 2.24) is 5.32 Å². The summed E-state index contributed by atoms with van der Waals surface area (Å²) in [5, 5.41) is 2.78. The summed E-state index contributed by atoms with van der Waals surface area (Å²) < 4.78 is 5.14. The fourth-order valence-corrected chi connectivity index (χ4v) is 0.907. The molecule has 5 heteroatoms. The third-order valence-electron chi connectivity index (χ3n) is 1.69. The molecule has 3 N–H and O–H groups in total. The molecule has 0 radical (unpaired) electrons. The van der Waals surface area contributed by atoms with E-state index in [2.05, 4.69) is 11.9 Å². The van der Waals surface area contributed by atoms with Crippen molar-refractivity contribution in [2.75, 3.05) is 19.8 Å². The van der Waals surface area contributed by atoms with Gasteiger partial charge in [0.25, 0.3) is 0 Å². The molecule has 0 aromatic carbocycles. The van der Waals surface area contributed by atoms with Gasteiger partial charge in [0, 0.05) is 25.6 Å². The van der Waals surface area contributed by atoms with Gasteiger partial charge in [-0.2, -0.15) is 0 Å². The minimum atomic E-state index is 0. The lowest BCUT2D eigenvalue weighted by Gasteiger charge is -2.10. The summed E-state index contributed by atoms with van der Waals surface area (Å²) in [7, 11) is 0. The molecular formula is C10H21ClN2O2. The van der Waals surface area contributed by atoms with Gasteiger partial charge < -0.3 is 15.8 Å². The average molecular weight is 237 g/mol. The number of rotatable bonds is 8. The molecule has 0 saturated carbocycles. The zero-order valence-electron chi connectivity index (χ0n) is 9.20. The highest BCUT2D eigenvalue weighted by atomic mass is 35.5. The van der Waals surface area contributed by atoms with Crippen LogP contribution in [0.25, 0.3) is 0 Å². The van der Waals surface area contributed by atoms with E-state index >= 15 is 0 Å². The molecule has 0 unspecified atom stereocenters. The normalized spacial score (nSPS) is 11.3. The summed E-state index contributed by atoms with van der Waals surface area (Å²) in [5.41, 5.74) is 5.36. The fourth-order valence-electron chi connectivity index (χ4n) is 0.907. The molecule has 1 amide bonds. The standard InChI is InChI=1S/C10H20N2O2.ClH/c1-3-6-14-7-4-5-10(13)12-9(2)8-11;/h3,9H,1,4-8,11H2,2H3,(H,12,13);1H/t9-;/m0./s1. The minimum Gasteiger partial charge on any atom is -0.377 e. The highest BCUT2D eigenvalue weighted by Gasteiger charge is 2.04. The molecule has 0 bridgehead atoms. The van der Waals surface area contributed by atoms with E-state index in [1.165, 1.54) is 0 Å². The maximum atomic E-state index is 11.2. The molecule has 1 atom stereocenters. The van der Waals surface area contributed by atoms with E-state index in [1.807, 2.05) is 6.92 Å². The fraction of sp³-hybridized carbons (Fsp3) is 0.700. The third-order valence-corrected chi connectivity index (χ3v) is 1.69. The Labute approximate surface area is 97.7 Å². The summed E-state index contributed by atoms with van der Waals surface area (Å²) in [4.78, 5) is 11.2. The van der Waals surface area contributed by atoms with Gasteiger partial charge in [-0.1, -0.05) is 6.08 Å². The number of nitrogens with two attached hydrogens (primary N) is 1. The molecule has 0 heterocycles. The summed E-state index contributed by atoms with van der Waals surface area (Å²) >= 11 is 0. The highest BCUT2D eigenvalue weighted by molar-refractivity contribution is 5.85. The first-order valence-electron chi connectivity index (χ1n) is 4.88. The van der Waals surface area contributed by atoms with Crippen molar-refractivity contribution in [2.45, 2.75) is 25.8 Å². The monoisotopic (exact) mass is 236 g/mol. The smallest absolute Gasteiger partial charge is 0.220 e. The van der Waals surface area contributed by atoms with Crippen LogP contribution in [0, 0.1) is 0 Å². The maximum absolute atomic E-state index is 11.2. The molecule has 0 aromatic heterocycles. The second-order valence-corrected chi connectivity index (χ2v) is 3.17. The average Bonchev–Trinajstić information content (AvgIpc) is 2.17. The lowest BCUT2D eigenvalue weighted by Crippen LogP contribution is -2.37. The van der Waals surface area contributed by atoms with Crippen LogP contribution in [-0.2, 0) is 9.53 Å². The van der Waals surface area contributed by atoms with E-state index in [0.29, 0.717) is 26.2 Å². The molecule has 0 fully saturated rings.